The summed E-state index contributed by atoms with van der Waals surface area (Å²) in [7, 11) is -2.89. The molecule has 4 aromatic carbocycles. The van der Waals surface area contributed by atoms with Crippen LogP contribution >= 0.6 is 11.6 Å². The third kappa shape index (κ3) is 8.20. The third-order valence-electron chi connectivity index (χ3n) is 7.23. The van der Waals surface area contributed by atoms with E-state index < -0.39 is 40.2 Å². The summed E-state index contributed by atoms with van der Waals surface area (Å²) in [4.78, 5) is 29.1. The molecule has 4 rings (SSSR count). The molecule has 45 heavy (non-hydrogen) atoms. The van der Waals surface area contributed by atoms with Crippen molar-refractivity contribution in [2.45, 2.75) is 37.8 Å². The molecule has 0 saturated carbocycles. The van der Waals surface area contributed by atoms with Crippen LogP contribution in [0, 0.1) is 12.7 Å². The molecule has 0 heterocycles. The molecule has 0 spiro atoms. The van der Waals surface area contributed by atoms with Crippen LogP contribution in [-0.2, 0) is 32.6 Å². The van der Waals surface area contributed by atoms with Gasteiger partial charge in [-0.1, -0.05) is 77.8 Å². The number of hydrogen-bond acceptors (Lipinski definition) is 5. The summed E-state index contributed by atoms with van der Waals surface area (Å²) in [5, 5.41) is 2.92. The van der Waals surface area contributed by atoms with Gasteiger partial charge >= 0.3 is 0 Å². The van der Waals surface area contributed by atoms with Crippen molar-refractivity contribution in [3.05, 3.63) is 125 Å². The Hall–Kier alpha value is -4.41. The summed E-state index contributed by atoms with van der Waals surface area (Å²) in [6.07, 6.45) is 0.117. The van der Waals surface area contributed by atoms with Crippen LogP contribution in [0.3, 0.4) is 0 Å². The minimum absolute atomic E-state index is 0.0435. The van der Waals surface area contributed by atoms with Crippen LogP contribution in [0.4, 0.5) is 10.1 Å². The van der Waals surface area contributed by atoms with E-state index in [9.17, 15) is 22.4 Å². The van der Waals surface area contributed by atoms with Crippen LogP contribution in [0.5, 0.6) is 5.75 Å². The molecule has 236 valence electrons. The Labute approximate surface area is 268 Å². The number of methoxy groups -OCH3 is 1. The topological polar surface area (TPSA) is 96.0 Å². The smallest absolute Gasteiger partial charge is 0.264 e. The Kier molecular flexibility index (Phi) is 11.2. The Balaban J connectivity index is 1.83. The highest BCUT2D eigenvalue weighted by molar-refractivity contribution is 7.92. The number of sulfonamides is 1. The van der Waals surface area contributed by atoms with Crippen LogP contribution in [0.1, 0.15) is 23.6 Å². The number of benzene rings is 4. The monoisotopic (exact) mass is 651 g/mol. The second-order valence-corrected chi connectivity index (χ2v) is 12.6. The molecule has 0 bridgehead atoms. The van der Waals surface area contributed by atoms with Crippen molar-refractivity contribution >= 4 is 39.1 Å². The minimum Gasteiger partial charge on any atom is -0.495 e. The van der Waals surface area contributed by atoms with Gasteiger partial charge in [-0.15, -0.1) is 0 Å². The van der Waals surface area contributed by atoms with Crippen molar-refractivity contribution in [1.82, 2.24) is 10.2 Å². The molecule has 0 unspecified atom stereocenters. The first-order valence-electron chi connectivity index (χ1n) is 14.3. The number of ether oxygens (including phenoxy) is 1. The van der Waals surface area contributed by atoms with Crippen molar-refractivity contribution in [2.24, 2.45) is 0 Å². The number of likely N-dealkylation sites (N-methyl/N-ethyl adjacent to an activating group) is 1. The number of amides is 2. The van der Waals surface area contributed by atoms with E-state index >= 15 is 0 Å². The predicted molar refractivity (Wildman–Crippen MR) is 173 cm³/mol. The number of anilines is 1. The lowest BCUT2D eigenvalue weighted by Crippen LogP contribution is -2.53. The van der Waals surface area contributed by atoms with Gasteiger partial charge in [0.1, 0.15) is 24.2 Å². The zero-order valence-electron chi connectivity index (χ0n) is 25.2. The second-order valence-electron chi connectivity index (χ2n) is 10.4. The lowest BCUT2D eigenvalue weighted by Gasteiger charge is -2.34. The summed E-state index contributed by atoms with van der Waals surface area (Å²) >= 11 is 6.39. The molecular weight excluding hydrogens is 617 g/mol. The van der Waals surface area contributed by atoms with Crippen LogP contribution in [0.15, 0.2) is 102 Å². The first-order chi connectivity index (χ1) is 21.5. The fraction of sp³-hybridized carbons (Fsp3) is 0.235. The molecule has 1 atom stereocenters. The van der Waals surface area contributed by atoms with E-state index in [4.69, 9.17) is 16.3 Å². The van der Waals surface area contributed by atoms with Gasteiger partial charge in [0.2, 0.25) is 11.8 Å². The predicted octanol–water partition coefficient (Wildman–Crippen LogP) is 5.77. The number of nitrogens with one attached hydrogen (secondary N) is 1. The van der Waals surface area contributed by atoms with Gasteiger partial charge in [0.15, 0.2) is 0 Å². The summed E-state index contributed by atoms with van der Waals surface area (Å²) in [5.41, 5.74) is 1.91. The average Bonchev–Trinajstić information content (AvgIpc) is 3.03. The molecule has 8 nitrogen and oxygen atoms in total. The highest BCUT2D eigenvalue weighted by atomic mass is 35.5. The quantitative estimate of drug-likeness (QED) is 0.198. The molecule has 0 radical (unpaired) electrons. The lowest BCUT2D eigenvalue weighted by molar-refractivity contribution is -0.140. The standard InChI is InChI=1S/C34H35ClFN3O5S/c1-4-37-34(41)31(20-25-10-6-5-7-11-25)38(22-26-12-8-9-13-30(26)36)33(40)23-39(27-16-19-32(44-3)29(35)21-27)45(42,43)28-17-14-24(2)15-18-28/h5-19,21,31H,4,20,22-23H2,1-3H3,(H,37,41)/t31-/m1/s1. The van der Waals surface area contributed by atoms with Gasteiger partial charge in [0, 0.05) is 25.1 Å². The molecule has 4 aromatic rings. The zero-order valence-corrected chi connectivity index (χ0v) is 26.8. The van der Waals surface area contributed by atoms with Crippen molar-refractivity contribution in [3.63, 3.8) is 0 Å². The zero-order chi connectivity index (χ0) is 32.6. The van der Waals surface area contributed by atoms with Crippen molar-refractivity contribution < 1.29 is 27.1 Å². The number of aryl methyl sites for hydroxylation is 1. The Bertz CT molecular complexity index is 1740. The molecule has 11 heteroatoms. The molecule has 1 N–H and O–H groups in total. The summed E-state index contributed by atoms with van der Waals surface area (Å²) in [6, 6.07) is 24.6. The normalized spacial score (nSPS) is 11.8. The molecule has 0 saturated heterocycles. The van der Waals surface area contributed by atoms with Crippen LogP contribution in [-0.4, -0.2) is 51.4 Å². The number of rotatable bonds is 13. The van der Waals surface area contributed by atoms with E-state index in [1.807, 2.05) is 37.3 Å². The van der Waals surface area contributed by atoms with Crippen molar-refractivity contribution in [1.29, 1.82) is 0 Å². The Morgan fingerprint density at radius 1 is 0.956 bits per heavy atom. The number of carbonyl (C=O) groups is 2. The van der Waals surface area contributed by atoms with Crippen LogP contribution in [0.2, 0.25) is 5.02 Å². The molecule has 0 aromatic heterocycles. The van der Waals surface area contributed by atoms with Gasteiger partial charge < -0.3 is 15.0 Å². The summed E-state index contributed by atoms with van der Waals surface area (Å²) in [5.74, 6) is -1.41. The SMILES string of the molecule is CCNC(=O)[C@@H](Cc1ccccc1)N(Cc1ccccc1F)C(=O)CN(c1ccc(OC)c(Cl)c1)S(=O)(=O)c1ccc(C)cc1. The van der Waals surface area contributed by atoms with E-state index in [1.54, 1.807) is 25.1 Å². The maximum Gasteiger partial charge on any atom is 0.264 e. The highest BCUT2D eigenvalue weighted by Crippen LogP contribution is 2.32. The van der Waals surface area contributed by atoms with Crippen molar-refractivity contribution in [3.8, 4) is 5.75 Å². The van der Waals surface area contributed by atoms with E-state index in [0.717, 1.165) is 15.4 Å². The average molecular weight is 652 g/mol. The molecule has 0 aliphatic heterocycles. The maximum absolute atomic E-state index is 15.0. The van der Waals surface area contributed by atoms with Gasteiger partial charge in [0.05, 0.1) is 22.7 Å². The number of carbonyl (C=O) groups excluding carboxylic acids is 2. The van der Waals surface area contributed by atoms with E-state index in [2.05, 4.69) is 5.32 Å². The maximum atomic E-state index is 15.0. The van der Waals surface area contributed by atoms with Crippen LogP contribution in [0.25, 0.3) is 0 Å². The first kappa shape index (κ1) is 33.5. The van der Waals surface area contributed by atoms with Gasteiger partial charge in [-0.05, 0) is 55.8 Å². The van der Waals surface area contributed by atoms with E-state index in [1.165, 1.54) is 60.5 Å². The molecule has 0 aliphatic rings. The van der Waals surface area contributed by atoms with Crippen LogP contribution < -0.4 is 14.4 Å². The molecular formula is C34H35ClFN3O5S. The largest absolute Gasteiger partial charge is 0.495 e. The third-order valence-corrected chi connectivity index (χ3v) is 9.32. The van der Waals surface area contributed by atoms with E-state index in [-0.39, 0.29) is 34.1 Å². The van der Waals surface area contributed by atoms with Gasteiger partial charge in [-0.3, -0.25) is 13.9 Å². The fourth-order valence-corrected chi connectivity index (χ4v) is 6.49. The van der Waals surface area contributed by atoms with Gasteiger partial charge in [-0.2, -0.15) is 0 Å². The minimum atomic E-state index is -4.32. The van der Waals surface area contributed by atoms with E-state index in [0.29, 0.717) is 12.3 Å². The lowest BCUT2D eigenvalue weighted by atomic mass is 10.0. The van der Waals surface area contributed by atoms with Crippen molar-refractivity contribution in [2.75, 3.05) is 24.5 Å². The summed E-state index contributed by atoms with van der Waals surface area (Å²) < 4.78 is 49.4. The molecule has 0 aliphatic carbocycles. The number of halogens is 2. The summed E-state index contributed by atoms with van der Waals surface area (Å²) in [6.45, 7) is 2.91. The number of hydrogen-bond donors (Lipinski definition) is 1. The molecule has 0 fully saturated rings. The first-order valence-corrected chi connectivity index (χ1v) is 16.1. The Morgan fingerprint density at radius 3 is 2.24 bits per heavy atom. The fourth-order valence-electron chi connectivity index (χ4n) is 4.83. The highest BCUT2D eigenvalue weighted by Gasteiger charge is 2.35. The van der Waals surface area contributed by atoms with Gasteiger partial charge in [0.25, 0.3) is 10.0 Å². The number of nitrogens with zero attached hydrogens (tertiary/aromatic N) is 2. The Morgan fingerprint density at radius 2 is 1.62 bits per heavy atom. The molecule has 2 amide bonds. The second kappa shape index (κ2) is 15.0. The van der Waals surface area contributed by atoms with Gasteiger partial charge in [-0.25, -0.2) is 12.8 Å².